The number of hydrogen-bond donors (Lipinski definition) is 4. The highest BCUT2D eigenvalue weighted by molar-refractivity contribution is 7.99. The molecule has 0 amide bonds. The Hall–Kier alpha value is -4.41. The summed E-state index contributed by atoms with van der Waals surface area (Å²) in [5.74, 6) is 0.949. The molecule has 0 saturated carbocycles. The van der Waals surface area contributed by atoms with Crippen LogP contribution < -0.4 is 29.0 Å². The fraction of sp³-hybridized carbons (Fsp3) is 0.487. The number of methoxy groups -OCH3 is 2. The van der Waals surface area contributed by atoms with Crippen LogP contribution in [0.1, 0.15) is 68.8 Å². The molecule has 3 aromatic carbocycles. The van der Waals surface area contributed by atoms with Gasteiger partial charge in [-0.15, -0.1) is 11.8 Å². The standard InChI is InChI=1S/C39H43N3O11S/c1-16-9-20-10-22-37(46)42-23-13-50-38(47)39(21-12-25(48-5)24(44)11-19(21)7-8-40-39)14-54-36(30(42)29(41(22)4)26(20)31(45)32(16)49-6)28-27(23)35-34(51-15-52-35)17(2)33(28)53-18(3)43/h9,11-12,22-23,29-30,36-37,40,44-46H,7-8,10,13-15H2,1-6H3/t22-,23+,29+,30-,36-,37+,39-/m0/s1. The van der Waals surface area contributed by atoms with E-state index in [2.05, 4.69) is 10.2 Å². The number of thioether (sulfide) groups is 1. The molecule has 0 radical (unpaired) electrons. The minimum atomic E-state index is -1.36. The number of nitrogens with one attached hydrogen (secondary N) is 1. The number of rotatable bonds is 3. The van der Waals surface area contributed by atoms with E-state index in [-0.39, 0.29) is 42.4 Å². The summed E-state index contributed by atoms with van der Waals surface area (Å²) in [7, 11) is 4.96. The number of phenolic OH excluding ortho intramolecular Hbond substituents is 2. The zero-order valence-corrected chi connectivity index (χ0v) is 31.7. The number of piperazine rings is 1. The Morgan fingerprint density at radius 2 is 1.80 bits per heavy atom. The smallest absolute Gasteiger partial charge is 0.331 e. The largest absolute Gasteiger partial charge is 0.504 e. The molecule has 4 N–H and O–H groups in total. The van der Waals surface area contributed by atoms with Gasteiger partial charge < -0.3 is 43.7 Å². The summed E-state index contributed by atoms with van der Waals surface area (Å²) in [5, 5.41) is 38.2. The van der Waals surface area contributed by atoms with Crippen LogP contribution in [0.3, 0.4) is 0 Å². The van der Waals surface area contributed by atoms with Crippen molar-refractivity contribution in [3.05, 3.63) is 62.7 Å². The van der Waals surface area contributed by atoms with Gasteiger partial charge in [-0.2, -0.15) is 0 Å². The summed E-state index contributed by atoms with van der Waals surface area (Å²) in [4.78, 5) is 31.7. The van der Waals surface area contributed by atoms with E-state index in [1.54, 1.807) is 12.1 Å². The van der Waals surface area contributed by atoms with Crippen LogP contribution in [0.5, 0.6) is 40.2 Å². The van der Waals surface area contributed by atoms with Gasteiger partial charge in [0.2, 0.25) is 6.79 Å². The SMILES string of the molecule is COc1cc2c(cc1O)CCN[C@@]21CS[C@H]2c3c(OC(C)=O)c(C)c4c(c3[C@@H](COC1=O)N1[C@H]2[C@H]2c3c(cc(C)c(OC)c3O)C[C@@H]([C@H]1O)N2C)OCO4. The van der Waals surface area contributed by atoms with E-state index in [1.807, 2.05) is 31.9 Å². The molecule has 1 spiro atoms. The monoisotopic (exact) mass is 761 g/mol. The molecule has 3 aromatic rings. The number of hydrogen-bond acceptors (Lipinski definition) is 15. The van der Waals surface area contributed by atoms with Crippen molar-refractivity contribution < 1.29 is 53.3 Å². The van der Waals surface area contributed by atoms with E-state index >= 15 is 0 Å². The Balaban J connectivity index is 1.32. The minimum absolute atomic E-state index is 0.0226. The molecule has 7 atom stereocenters. The van der Waals surface area contributed by atoms with E-state index in [0.29, 0.717) is 70.2 Å². The number of benzene rings is 3. The van der Waals surface area contributed by atoms with Crippen LogP contribution in [0, 0.1) is 13.8 Å². The third-order valence-electron chi connectivity index (χ3n) is 12.3. The Kier molecular flexibility index (Phi) is 8.21. The van der Waals surface area contributed by atoms with Gasteiger partial charge in [-0.25, -0.2) is 4.79 Å². The van der Waals surface area contributed by atoms with Gasteiger partial charge >= 0.3 is 11.9 Å². The van der Waals surface area contributed by atoms with Crippen molar-refractivity contribution in [2.24, 2.45) is 0 Å². The number of aliphatic hydroxyl groups is 1. The van der Waals surface area contributed by atoms with E-state index in [4.69, 9.17) is 28.4 Å². The van der Waals surface area contributed by atoms with Crippen LogP contribution in [0.2, 0.25) is 0 Å². The first kappa shape index (κ1) is 35.3. The molecule has 286 valence electrons. The predicted octanol–water partition coefficient (Wildman–Crippen LogP) is 3.41. The van der Waals surface area contributed by atoms with Crippen molar-refractivity contribution in [2.45, 2.75) is 74.8 Å². The maximum Gasteiger partial charge on any atom is 0.331 e. The van der Waals surface area contributed by atoms with E-state index < -0.39 is 47.1 Å². The van der Waals surface area contributed by atoms with Crippen molar-refractivity contribution in [3.8, 4) is 40.2 Å². The highest BCUT2D eigenvalue weighted by atomic mass is 32.2. The molecule has 0 aromatic heterocycles. The van der Waals surface area contributed by atoms with Crippen LogP contribution in [0.15, 0.2) is 18.2 Å². The fourth-order valence-corrected chi connectivity index (χ4v) is 11.7. The number of aryl methyl sites for hydroxylation is 1. The zero-order chi connectivity index (χ0) is 38.0. The summed E-state index contributed by atoms with van der Waals surface area (Å²) in [6.07, 6.45) is -0.0282. The maximum absolute atomic E-state index is 14.7. The average molecular weight is 762 g/mol. The van der Waals surface area contributed by atoms with Gasteiger partial charge in [-0.05, 0) is 68.1 Å². The van der Waals surface area contributed by atoms with Crippen LogP contribution in [-0.4, -0.2) is 102 Å². The normalized spacial score (nSPS) is 29.4. The summed E-state index contributed by atoms with van der Waals surface area (Å²) in [5.41, 5.74) is 4.36. The van der Waals surface area contributed by atoms with Crippen molar-refractivity contribution >= 4 is 23.7 Å². The molecule has 7 aliphatic rings. The quantitative estimate of drug-likeness (QED) is 0.226. The maximum atomic E-state index is 14.7. The van der Waals surface area contributed by atoms with Crippen molar-refractivity contribution in [3.63, 3.8) is 0 Å². The average Bonchev–Trinajstić information content (AvgIpc) is 3.63. The van der Waals surface area contributed by atoms with Gasteiger partial charge in [0.1, 0.15) is 18.6 Å². The predicted molar refractivity (Wildman–Crippen MR) is 195 cm³/mol. The molecule has 4 bridgehead atoms. The summed E-state index contributed by atoms with van der Waals surface area (Å²) in [6, 6.07) is 3.13. The number of ether oxygens (including phenoxy) is 6. The Morgan fingerprint density at radius 3 is 2.54 bits per heavy atom. The summed E-state index contributed by atoms with van der Waals surface area (Å²) >= 11 is 1.47. The molecule has 2 saturated heterocycles. The van der Waals surface area contributed by atoms with E-state index in [0.717, 1.165) is 16.7 Å². The number of carbonyl (C=O) groups excluding carboxylic acids is 2. The lowest BCUT2D eigenvalue weighted by molar-refractivity contribution is -0.186. The van der Waals surface area contributed by atoms with Crippen LogP contribution in [0.4, 0.5) is 0 Å². The van der Waals surface area contributed by atoms with E-state index in [1.165, 1.54) is 32.9 Å². The van der Waals surface area contributed by atoms with Gasteiger partial charge in [0, 0.05) is 47.5 Å². The molecule has 0 unspecified atom stereocenters. The number of fused-ring (bicyclic) bond motifs is 9. The number of likely N-dealkylation sites (N-methyl/N-ethyl adjacent to an activating group) is 1. The highest BCUT2D eigenvalue weighted by Crippen LogP contribution is 2.64. The lowest BCUT2D eigenvalue weighted by Gasteiger charge is -2.62. The number of esters is 2. The van der Waals surface area contributed by atoms with Crippen molar-refractivity contribution in [1.82, 2.24) is 15.1 Å². The number of phenols is 2. The molecule has 14 nitrogen and oxygen atoms in total. The minimum Gasteiger partial charge on any atom is -0.504 e. The first-order valence-corrected chi connectivity index (χ1v) is 19.1. The van der Waals surface area contributed by atoms with Gasteiger partial charge in [0.15, 0.2) is 40.0 Å². The molecule has 54 heavy (non-hydrogen) atoms. The van der Waals surface area contributed by atoms with Gasteiger partial charge in [-0.3, -0.25) is 19.9 Å². The van der Waals surface area contributed by atoms with Crippen molar-refractivity contribution in [2.75, 3.05) is 47.0 Å². The molecule has 0 aliphatic carbocycles. The zero-order valence-electron chi connectivity index (χ0n) is 30.8. The van der Waals surface area contributed by atoms with Crippen LogP contribution in [0.25, 0.3) is 0 Å². The van der Waals surface area contributed by atoms with E-state index in [9.17, 15) is 24.9 Å². The molecule has 2 fully saturated rings. The first-order chi connectivity index (χ1) is 25.9. The summed E-state index contributed by atoms with van der Waals surface area (Å²) in [6.45, 7) is 5.26. The van der Waals surface area contributed by atoms with Crippen LogP contribution >= 0.6 is 11.8 Å². The lowest BCUT2D eigenvalue weighted by Crippen LogP contribution is -2.70. The third kappa shape index (κ3) is 4.74. The highest BCUT2D eigenvalue weighted by Gasteiger charge is 2.61. The van der Waals surface area contributed by atoms with Gasteiger partial charge in [-0.1, -0.05) is 6.07 Å². The Morgan fingerprint density at radius 1 is 1.02 bits per heavy atom. The number of aliphatic hydroxyl groups excluding tert-OH is 1. The second-order valence-electron chi connectivity index (χ2n) is 14.9. The fourth-order valence-electron chi connectivity index (χ4n) is 10.00. The first-order valence-electron chi connectivity index (χ1n) is 18.1. The van der Waals surface area contributed by atoms with Gasteiger partial charge in [0.25, 0.3) is 0 Å². The second-order valence-corrected chi connectivity index (χ2v) is 16.1. The van der Waals surface area contributed by atoms with Crippen LogP contribution in [-0.2, 0) is 32.7 Å². The molecular weight excluding hydrogens is 719 g/mol. The number of nitrogens with zero attached hydrogens (tertiary/aromatic N) is 2. The number of carbonyl (C=O) groups is 2. The molecule has 10 rings (SSSR count). The molecule has 7 heterocycles. The molecule has 7 aliphatic heterocycles. The Labute approximate surface area is 316 Å². The van der Waals surface area contributed by atoms with Crippen molar-refractivity contribution in [1.29, 1.82) is 0 Å². The van der Waals surface area contributed by atoms with Gasteiger partial charge in [0.05, 0.1) is 37.6 Å². The Bertz CT molecular complexity index is 2130. The third-order valence-corrected chi connectivity index (χ3v) is 13.7. The lowest BCUT2D eigenvalue weighted by atomic mass is 9.73. The second kappa shape index (κ2) is 12.6. The summed E-state index contributed by atoms with van der Waals surface area (Å²) < 4.78 is 35.9. The molecule has 15 heteroatoms. The number of aromatic hydroxyl groups is 2. The molecular formula is C39H43N3O11S. The topological polar surface area (TPSA) is 169 Å².